The van der Waals surface area contributed by atoms with Crippen molar-refractivity contribution < 1.29 is 4.79 Å². The van der Waals surface area contributed by atoms with Gasteiger partial charge in [0.15, 0.2) is 0 Å². The van der Waals surface area contributed by atoms with Crippen molar-refractivity contribution in [1.29, 1.82) is 0 Å². The molecule has 2 saturated carbocycles. The van der Waals surface area contributed by atoms with Gasteiger partial charge < -0.3 is 9.47 Å². The molecule has 5 heteroatoms. The van der Waals surface area contributed by atoms with E-state index in [-0.39, 0.29) is 0 Å². The monoisotopic (exact) mass is 288 g/mol. The second-order valence-corrected chi connectivity index (χ2v) is 7.15. The molecule has 3 fully saturated rings. The van der Waals surface area contributed by atoms with Crippen LogP contribution < -0.4 is 0 Å². The van der Waals surface area contributed by atoms with Crippen LogP contribution in [0.15, 0.2) is 12.7 Å². The van der Waals surface area contributed by atoms with Gasteiger partial charge in [-0.1, -0.05) is 19.3 Å². The van der Waals surface area contributed by atoms with Crippen LogP contribution >= 0.6 is 0 Å². The zero-order chi connectivity index (χ0) is 14.3. The van der Waals surface area contributed by atoms with Gasteiger partial charge in [0.05, 0.1) is 0 Å². The Kier molecular flexibility index (Phi) is 3.23. The summed E-state index contributed by atoms with van der Waals surface area (Å²) >= 11 is 0. The number of amides is 1. The van der Waals surface area contributed by atoms with E-state index in [1.54, 1.807) is 12.7 Å². The quantitative estimate of drug-likeness (QED) is 0.839. The molecule has 1 atom stereocenters. The van der Waals surface area contributed by atoms with Crippen LogP contribution in [0.1, 0.15) is 57.4 Å². The molecule has 2 aliphatic carbocycles. The summed E-state index contributed by atoms with van der Waals surface area (Å²) < 4.78 is 2.08. The lowest BCUT2D eigenvalue weighted by Gasteiger charge is -2.33. The summed E-state index contributed by atoms with van der Waals surface area (Å²) in [6.07, 6.45) is 13.4. The van der Waals surface area contributed by atoms with Gasteiger partial charge in [0.2, 0.25) is 5.91 Å². The number of piperidine rings is 1. The Morgan fingerprint density at radius 2 is 1.71 bits per heavy atom. The molecular formula is C16H24N4O. The van der Waals surface area contributed by atoms with Gasteiger partial charge in [-0.2, -0.15) is 0 Å². The fourth-order valence-electron chi connectivity index (χ4n) is 4.51. The van der Waals surface area contributed by atoms with Gasteiger partial charge in [-0.3, -0.25) is 4.79 Å². The fraction of sp³-hybridized carbons (Fsp3) is 0.812. The van der Waals surface area contributed by atoms with Crippen molar-refractivity contribution in [2.75, 3.05) is 13.1 Å². The Labute approximate surface area is 125 Å². The predicted octanol–water partition coefficient (Wildman–Crippen LogP) is 2.41. The van der Waals surface area contributed by atoms with Crippen LogP contribution in [0.25, 0.3) is 0 Å². The van der Waals surface area contributed by atoms with Gasteiger partial charge in [-0.25, -0.2) is 0 Å². The first kappa shape index (κ1) is 13.3. The highest BCUT2D eigenvalue weighted by Crippen LogP contribution is 2.62. The Bertz CT molecular complexity index is 498. The molecule has 4 rings (SSSR count). The number of hydrogen-bond acceptors (Lipinski definition) is 3. The highest BCUT2D eigenvalue weighted by Gasteiger charge is 2.58. The van der Waals surface area contributed by atoms with Gasteiger partial charge in [0, 0.05) is 25.0 Å². The third-order valence-corrected chi connectivity index (χ3v) is 5.97. The van der Waals surface area contributed by atoms with Crippen LogP contribution in [0.3, 0.4) is 0 Å². The minimum Gasteiger partial charge on any atom is -0.342 e. The highest BCUT2D eigenvalue weighted by atomic mass is 16.2. The number of carbonyl (C=O) groups excluding carboxylic acids is 1. The van der Waals surface area contributed by atoms with Crippen LogP contribution in [0.2, 0.25) is 0 Å². The molecular weight excluding hydrogens is 264 g/mol. The normalized spacial score (nSPS) is 28.8. The smallest absolute Gasteiger partial charge is 0.226 e. The Morgan fingerprint density at radius 1 is 1.05 bits per heavy atom. The van der Waals surface area contributed by atoms with E-state index in [1.165, 1.54) is 32.1 Å². The topological polar surface area (TPSA) is 51.0 Å². The van der Waals surface area contributed by atoms with Crippen molar-refractivity contribution in [2.24, 2.45) is 11.3 Å². The van der Waals surface area contributed by atoms with Gasteiger partial charge in [0.1, 0.15) is 12.7 Å². The molecule has 2 heterocycles. The van der Waals surface area contributed by atoms with Gasteiger partial charge in [-0.05, 0) is 37.5 Å². The lowest BCUT2D eigenvalue weighted by atomic mass is 9.84. The maximum Gasteiger partial charge on any atom is 0.226 e. The van der Waals surface area contributed by atoms with Crippen molar-refractivity contribution in [3.63, 3.8) is 0 Å². The van der Waals surface area contributed by atoms with Crippen molar-refractivity contribution in [3.8, 4) is 0 Å². The summed E-state index contributed by atoms with van der Waals surface area (Å²) in [5, 5.41) is 7.76. The molecule has 1 saturated heterocycles. The number of aromatic nitrogens is 3. The second-order valence-electron chi connectivity index (χ2n) is 7.15. The van der Waals surface area contributed by atoms with Crippen LogP contribution in [0.5, 0.6) is 0 Å². The molecule has 3 aliphatic rings. The molecule has 0 aromatic carbocycles. The molecule has 0 radical (unpaired) electrons. The largest absolute Gasteiger partial charge is 0.342 e. The number of nitrogens with zero attached hydrogens (tertiary/aromatic N) is 4. The fourth-order valence-corrected chi connectivity index (χ4v) is 4.51. The molecule has 1 aromatic rings. The van der Waals surface area contributed by atoms with E-state index in [0.29, 0.717) is 23.3 Å². The van der Waals surface area contributed by atoms with Crippen LogP contribution in [0.4, 0.5) is 0 Å². The molecule has 1 amide bonds. The Hall–Kier alpha value is -1.39. The minimum atomic E-state index is 0.351. The van der Waals surface area contributed by atoms with E-state index >= 15 is 0 Å². The summed E-state index contributed by atoms with van der Waals surface area (Å²) in [5.41, 5.74) is 0.417. The van der Waals surface area contributed by atoms with E-state index in [4.69, 9.17) is 0 Å². The zero-order valence-corrected chi connectivity index (χ0v) is 12.6. The van der Waals surface area contributed by atoms with Crippen molar-refractivity contribution in [3.05, 3.63) is 12.7 Å². The number of likely N-dealkylation sites (tertiary alicyclic amines) is 1. The molecule has 0 N–H and O–H groups in total. The Balaban J connectivity index is 1.33. The maximum absolute atomic E-state index is 12.7. The van der Waals surface area contributed by atoms with Crippen LogP contribution in [-0.2, 0) is 4.79 Å². The predicted molar refractivity (Wildman–Crippen MR) is 78.5 cm³/mol. The van der Waals surface area contributed by atoms with Crippen molar-refractivity contribution in [1.82, 2.24) is 19.7 Å². The average molecular weight is 288 g/mol. The molecule has 21 heavy (non-hydrogen) atoms. The van der Waals surface area contributed by atoms with Gasteiger partial charge in [0.25, 0.3) is 0 Å². The lowest BCUT2D eigenvalue weighted by Crippen LogP contribution is -2.40. The highest BCUT2D eigenvalue weighted by molar-refractivity contribution is 5.82. The summed E-state index contributed by atoms with van der Waals surface area (Å²) in [7, 11) is 0. The summed E-state index contributed by atoms with van der Waals surface area (Å²) in [6, 6.07) is 0.465. The zero-order valence-electron chi connectivity index (χ0n) is 12.6. The van der Waals surface area contributed by atoms with E-state index in [0.717, 1.165) is 32.4 Å². The first-order valence-electron chi connectivity index (χ1n) is 8.41. The van der Waals surface area contributed by atoms with E-state index in [9.17, 15) is 4.79 Å². The average Bonchev–Trinajstić information content (AvgIpc) is 2.99. The van der Waals surface area contributed by atoms with Crippen molar-refractivity contribution in [2.45, 2.75) is 57.4 Å². The number of hydrogen-bond donors (Lipinski definition) is 0. The molecule has 5 nitrogen and oxygen atoms in total. The van der Waals surface area contributed by atoms with Crippen LogP contribution in [-0.4, -0.2) is 38.7 Å². The first-order valence-corrected chi connectivity index (χ1v) is 8.41. The third-order valence-electron chi connectivity index (χ3n) is 5.97. The Morgan fingerprint density at radius 3 is 2.38 bits per heavy atom. The van der Waals surface area contributed by atoms with Crippen molar-refractivity contribution >= 4 is 5.91 Å². The van der Waals surface area contributed by atoms with Gasteiger partial charge >= 0.3 is 0 Å². The van der Waals surface area contributed by atoms with Crippen LogP contribution in [0, 0.1) is 11.3 Å². The summed E-state index contributed by atoms with van der Waals surface area (Å²) in [6.45, 7) is 1.79. The van der Waals surface area contributed by atoms with E-state index < -0.39 is 0 Å². The lowest BCUT2D eigenvalue weighted by molar-refractivity contribution is -0.135. The number of carbonyl (C=O) groups is 1. The molecule has 1 spiro atoms. The minimum absolute atomic E-state index is 0.351. The van der Waals surface area contributed by atoms with Gasteiger partial charge in [-0.15, -0.1) is 10.2 Å². The molecule has 114 valence electrons. The maximum atomic E-state index is 12.7. The molecule has 0 bridgehead atoms. The molecule has 1 aliphatic heterocycles. The van der Waals surface area contributed by atoms with E-state index in [2.05, 4.69) is 19.7 Å². The molecule has 1 aromatic heterocycles. The number of rotatable bonds is 2. The summed E-state index contributed by atoms with van der Waals surface area (Å²) in [4.78, 5) is 14.8. The summed E-state index contributed by atoms with van der Waals surface area (Å²) in [5.74, 6) is 0.795. The third kappa shape index (κ3) is 2.36. The first-order chi connectivity index (χ1) is 10.3. The standard InChI is InChI=1S/C16H24N4O/c21-15(14-10-16(14)6-2-1-3-7-16)19-8-4-13(5-9-19)20-11-17-18-12-20/h11-14H,1-10H2. The molecule has 1 unspecified atom stereocenters. The SMILES string of the molecule is O=C(C1CC12CCCCC2)N1CCC(n2cnnc2)CC1. The second kappa shape index (κ2) is 5.11. The van der Waals surface area contributed by atoms with E-state index in [1.807, 2.05) is 0 Å².